The molecular formula is C21H14ClN3O. The number of rotatable bonds is 4. The fourth-order valence-corrected chi connectivity index (χ4v) is 2.83. The molecule has 0 saturated heterocycles. The van der Waals surface area contributed by atoms with Crippen LogP contribution in [0.5, 0.6) is 0 Å². The summed E-state index contributed by atoms with van der Waals surface area (Å²) in [6.07, 6.45) is 5.19. The van der Waals surface area contributed by atoms with Crippen molar-refractivity contribution in [2.24, 2.45) is 0 Å². The highest BCUT2D eigenvalue weighted by Gasteiger charge is 2.18. The van der Waals surface area contributed by atoms with E-state index in [4.69, 9.17) is 11.6 Å². The topological polar surface area (TPSA) is 58.6 Å². The van der Waals surface area contributed by atoms with E-state index in [0.717, 1.165) is 16.6 Å². The van der Waals surface area contributed by atoms with Crippen LogP contribution in [0.4, 0.5) is 0 Å². The first kappa shape index (κ1) is 16.2. The molecule has 0 bridgehead atoms. The lowest BCUT2D eigenvalue weighted by molar-refractivity contribution is 0.105. The van der Waals surface area contributed by atoms with Gasteiger partial charge in [-0.05, 0) is 54.1 Å². The van der Waals surface area contributed by atoms with E-state index in [2.05, 4.69) is 15.0 Å². The third-order valence-corrected chi connectivity index (χ3v) is 4.24. The fourth-order valence-electron chi connectivity index (χ4n) is 2.71. The van der Waals surface area contributed by atoms with E-state index in [1.54, 1.807) is 42.7 Å². The summed E-state index contributed by atoms with van der Waals surface area (Å²) in [5.74, 6) is 0.388. The number of hydrogen-bond donors (Lipinski definition) is 1. The molecule has 0 amide bonds. The molecule has 1 N–H and O–H groups in total. The Hall–Kier alpha value is -3.24. The monoisotopic (exact) mass is 359 g/mol. The summed E-state index contributed by atoms with van der Waals surface area (Å²) >= 11 is 5.94. The van der Waals surface area contributed by atoms with Gasteiger partial charge in [0, 0.05) is 23.0 Å². The zero-order chi connectivity index (χ0) is 17.9. The summed E-state index contributed by atoms with van der Waals surface area (Å²) in [5, 5.41) is 0.586. The Balaban J connectivity index is 1.85. The molecule has 0 spiro atoms. The number of nitrogens with one attached hydrogen (secondary N) is 1. The van der Waals surface area contributed by atoms with E-state index in [1.165, 1.54) is 0 Å². The first-order valence-electron chi connectivity index (χ1n) is 8.08. The third kappa shape index (κ3) is 3.27. The van der Waals surface area contributed by atoms with Crippen LogP contribution in [0.25, 0.3) is 22.7 Å². The van der Waals surface area contributed by atoms with Crippen LogP contribution in [0.15, 0.2) is 73.1 Å². The summed E-state index contributed by atoms with van der Waals surface area (Å²) < 4.78 is 0. The Morgan fingerprint density at radius 1 is 1.00 bits per heavy atom. The van der Waals surface area contributed by atoms with Crippen molar-refractivity contribution in [3.05, 3.63) is 95.0 Å². The van der Waals surface area contributed by atoms with Crippen molar-refractivity contribution in [2.75, 3.05) is 0 Å². The molecule has 5 heteroatoms. The van der Waals surface area contributed by atoms with Gasteiger partial charge in [-0.2, -0.15) is 0 Å². The summed E-state index contributed by atoms with van der Waals surface area (Å²) in [6.45, 7) is 0. The number of allylic oxidation sites excluding steroid dienone is 1. The minimum absolute atomic E-state index is 0.135. The smallest absolute Gasteiger partial charge is 0.196 e. The quantitative estimate of drug-likeness (QED) is 0.410. The van der Waals surface area contributed by atoms with E-state index in [-0.39, 0.29) is 5.78 Å². The van der Waals surface area contributed by atoms with Crippen LogP contribution in [0, 0.1) is 0 Å². The van der Waals surface area contributed by atoms with Gasteiger partial charge in [-0.1, -0.05) is 29.8 Å². The van der Waals surface area contributed by atoms with Crippen LogP contribution in [0.1, 0.15) is 21.7 Å². The van der Waals surface area contributed by atoms with Gasteiger partial charge in [0.25, 0.3) is 0 Å². The molecule has 0 saturated carbocycles. The van der Waals surface area contributed by atoms with Gasteiger partial charge >= 0.3 is 0 Å². The molecule has 0 aliphatic carbocycles. The van der Waals surface area contributed by atoms with Crippen molar-refractivity contribution in [3.63, 3.8) is 0 Å². The SMILES string of the molecule is O=C(/C(=C/c1cccnc1)c1nc2ccccc2[nH]1)c1ccc(Cl)cc1. The second-order valence-electron chi connectivity index (χ2n) is 5.78. The number of carbonyl (C=O) groups excluding carboxylic acids is 1. The Bertz CT molecular complexity index is 1070. The Morgan fingerprint density at radius 2 is 1.81 bits per heavy atom. The van der Waals surface area contributed by atoms with Gasteiger partial charge in [0.05, 0.1) is 16.6 Å². The number of para-hydroxylation sites is 2. The van der Waals surface area contributed by atoms with E-state index in [9.17, 15) is 4.79 Å². The van der Waals surface area contributed by atoms with E-state index < -0.39 is 0 Å². The average Bonchev–Trinajstić information content (AvgIpc) is 3.11. The highest BCUT2D eigenvalue weighted by atomic mass is 35.5. The molecule has 0 aliphatic rings. The number of Topliss-reactive ketones (excluding diaryl/α,β-unsaturated/α-hetero) is 1. The lowest BCUT2D eigenvalue weighted by Gasteiger charge is -2.05. The number of H-pyrrole nitrogens is 1. The average molecular weight is 360 g/mol. The molecule has 0 fully saturated rings. The minimum atomic E-state index is -0.135. The van der Waals surface area contributed by atoms with Gasteiger partial charge in [0.2, 0.25) is 0 Å². The Labute approximate surface area is 155 Å². The third-order valence-electron chi connectivity index (χ3n) is 3.99. The number of pyridine rings is 1. The van der Waals surface area contributed by atoms with Crippen molar-refractivity contribution in [2.45, 2.75) is 0 Å². The normalized spacial score (nSPS) is 11.7. The number of halogens is 1. The summed E-state index contributed by atoms with van der Waals surface area (Å²) in [4.78, 5) is 25.1. The Kier molecular flexibility index (Phi) is 4.33. The van der Waals surface area contributed by atoms with Crippen LogP contribution in [0.3, 0.4) is 0 Å². The first-order valence-corrected chi connectivity index (χ1v) is 8.45. The number of carbonyl (C=O) groups is 1. The lowest BCUT2D eigenvalue weighted by Crippen LogP contribution is -2.04. The van der Waals surface area contributed by atoms with Crippen molar-refractivity contribution < 1.29 is 4.79 Å². The number of nitrogens with zero attached hydrogens (tertiary/aromatic N) is 2. The molecular weight excluding hydrogens is 346 g/mol. The number of aromatic amines is 1. The molecule has 2 aromatic heterocycles. The molecule has 26 heavy (non-hydrogen) atoms. The standard InChI is InChI=1S/C21H14ClN3O/c22-16-9-7-15(8-10-16)20(26)17(12-14-4-3-11-23-13-14)21-24-18-5-1-2-6-19(18)25-21/h1-13H,(H,24,25)/b17-12-. The van der Waals surface area contributed by atoms with Gasteiger partial charge < -0.3 is 4.98 Å². The second-order valence-corrected chi connectivity index (χ2v) is 6.22. The predicted octanol–water partition coefficient (Wildman–Crippen LogP) is 5.03. The lowest BCUT2D eigenvalue weighted by atomic mass is 10.0. The maximum atomic E-state index is 13.1. The highest BCUT2D eigenvalue weighted by molar-refractivity contribution is 6.33. The summed E-state index contributed by atoms with van der Waals surface area (Å²) in [6, 6.07) is 18.2. The van der Waals surface area contributed by atoms with Crippen molar-refractivity contribution in [3.8, 4) is 0 Å². The van der Waals surface area contributed by atoms with Gasteiger partial charge in [0.15, 0.2) is 5.78 Å². The van der Waals surface area contributed by atoms with Gasteiger partial charge in [-0.25, -0.2) is 4.98 Å². The molecule has 2 heterocycles. The van der Waals surface area contributed by atoms with Crippen LogP contribution < -0.4 is 0 Å². The number of fused-ring (bicyclic) bond motifs is 1. The van der Waals surface area contributed by atoms with Crippen LogP contribution in [-0.4, -0.2) is 20.7 Å². The van der Waals surface area contributed by atoms with Crippen molar-refractivity contribution in [1.82, 2.24) is 15.0 Å². The molecule has 0 radical (unpaired) electrons. The van der Waals surface area contributed by atoms with Crippen LogP contribution in [0.2, 0.25) is 5.02 Å². The largest absolute Gasteiger partial charge is 0.338 e. The van der Waals surface area contributed by atoms with Gasteiger partial charge in [0.1, 0.15) is 5.82 Å². The highest BCUT2D eigenvalue weighted by Crippen LogP contribution is 2.24. The number of benzene rings is 2. The number of imidazole rings is 1. The molecule has 2 aromatic carbocycles. The first-order chi connectivity index (χ1) is 12.7. The predicted molar refractivity (Wildman–Crippen MR) is 104 cm³/mol. The molecule has 4 rings (SSSR count). The molecule has 4 nitrogen and oxygen atoms in total. The summed E-state index contributed by atoms with van der Waals surface area (Å²) in [5.41, 5.74) is 3.53. The zero-order valence-electron chi connectivity index (χ0n) is 13.7. The molecule has 126 valence electrons. The minimum Gasteiger partial charge on any atom is -0.338 e. The van der Waals surface area contributed by atoms with Crippen LogP contribution in [-0.2, 0) is 0 Å². The summed E-state index contributed by atoms with van der Waals surface area (Å²) in [7, 11) is 0. The van der Waals surface area contributed by atoms with E-state index >= 15 is 0 Å². The molecule has 0 atom stereocenters. The molecule has 4 aromatic rings. The number of ketones is 1. The second kappa shape index (κ2) is 6.94. The zero-order valence-corrected chi connectivity index (χ0v) is 14.4. The van der Waals surface area contributed by atoms with Crippen molar-refractivity contribution in [1.29, 1.82) is 0 Å². The number of hydrogen-bond acceptors (Lipinski definition) is 3. The van der Waals surface area contributed by atoms with Crippen LogP contribution >= 0.6 is 11.6 Å². The molecule has 0 unspecified atom stereocenters. The Morgan fingerprint density at radius 3 is 2.54 bits per heavy atom. The van der Waals surface area contributed by atoms with Gasteiger partial charge in [-0.3, -0.25) is 9.78 Å². The van der Waals surface area contributed by atoms with Gasteiger partial charge in [-0.15, -0.1) is 0 Å². The van der Waals surface area contributed by atoms with E-state index in [1.807, 2.05) is 36.4 Å². The van der Waals surface area contributed by atoms with Crippen molar-refractivity contribution >= 4 is 40.1 Å². The van der Waals surface area contributed by atoms with E-state index in [0.29, 0.717) is 22.0 Å². The fraction of sp³-hybridized carbons (Fsp3) is 0. The maximum Gasteiger partial charge on any atom is 0.196 e. The molecule has 0 aliphatic heterocycles. The number of aromatic nitrogens is 3. The maximum absolute atomic E-state index is 13.1.